The Morgan fingerprint density at radius 3 is 2.87 bits per heavy atom. The Labute approximate surface area is 141 Å². The molecule has 0 amide bonds. The maximum atomic E-state index is 11.2. The highest BCUT2D eigenvalue weighted by atomic mass is 32.1. The average molecular weight is 333 g/mol. The molecule has 1 heterocycles. The van der Waals surface area contributed by atoms with Gasteiger partial charge >= 0.3 is 5.97 Å². The zero-order valence-electron chi connectivity index (χ0n) is 13.9. The molecular formula is C17H23N3O2S. The standard InChI is InChI=1S/C17H23N3O2S/c1-4-5-10-18-17-20-19-16(23-17)14-8-6-13(11-12(14)2)7-9-15(21)22-3/h6,8,11H,4-5,7,9-10H2,1-3H3,(H,18,20). The normalized spacial score (nSPS) is 10.6. The summed E-state index contributed by atoms with van der Waals surface area (Å²) >= 11 is 1.57. The monoisotopic (exact) mass is 333 g/mol. The third kappa shape index (κ3) is 5.03. The number of aromatic nitrogens is 2. The van der Waals surface area contributed by atoms with Crippen LogP contribution in [-0.4, -0.2) is 29.8 Å². The number of ether oxygens (including phenoxy) is 1. The van der Waals surface area contributed by atoms with Gasteiger partial charge in [-0.2, -0.15) is 0 Å². The fraction of sp³-hybridized carbons (Fsp3) is 0.471. The number of hydrogen-bond donors (Lipinski definition) is 1. The summed E-state index contributed by atoms with van der Waals surface area (Å²) in [6.45, 7) is 5.15. The van der Waals surface area contributed by atoms with Crippen molar-refractivity contribution in [2.45, 2.75) is 39.5 Å². The van der Waals surface area contributed by atoms with E-state index in [9.17, 15) is 4.79 Å². The number of anilines is 1. The molecule has 5 nitrogen and oxygen atoms in total. The maximum absolute atomic E-state index is 11.2. The molecule has 0 aliphatic heterocycles. The molecule has 1 aromatic carbocycles. The number of aryl methyl sites for hydroxylation is 2. The molecule has 23 heavy (non-hydrogen) atoms. The van der Waals surface area contributed by atoms with Gasteiger partial charge in [0.25, 0.3) is 0 Å². The second-order valence-corrected chi connectivity index (χ2v) is 6.40. The van der Waals surface area contributed by atoms with Crippen LogP contribution in [0.15, 0.2) is 18.2 Å². The summed E-state index contributed by atoms with van der Waals surface area (Å²) in [6, 6.07) is 6.19. The van der Waals surface area contributed by atoms with E-state index in [0.29, 0.717) is 12.8 Å². The minimum absolute atomic E-state index is 0.182. The van der Waals surface area contributed by atoms with E-state index < -0.39 is 0 Å². The van der Waals surface area contributed by atoms with Crippen molar-refractivity contribution in [2.75, 3.05) is 19.0 Å². The average Bonchev–Trinajstić information content (AvgIpc) is 3.01. The summed E-state index contributed by atoms with van der Waals surface area (Å²) in [7, 11) is 1.41. The molecule has 6 heteroatoms. The van der Waals surface area contributed by atoms with E-state index in [0.717, 1.165) is 46.2 Å². The van der Waals surface area contributed by atoms with Crippen molar-refractivity contribution in [1.29, 1.82) is 0 Å². The van der Waals surface area contributed by atoms with Gasteiger partial charge in [-0.3, -0.25) is 4.79 Å². The first kappa shape index (κ1) is 17.4. The molecular weight excluding hydrogens is 310 g/mol. The molecule has 2 rings (SSSR count). The van der Waals surface area contributed by atoms with Crippen LogP contribution in [0.3, 0.4) is 0 Å². The molecule has 0 unspecified atom stereocenters. The maximum Gasteiger partial charge on any atom is 0.305 e. The lowest BCUT2D eigenvalue weighted by Gasteiger charge is -2.06. The molecule has 0 spiro atoms. The number of nitrogens with zero attached hydrogens (tertiary/aromatic N) is 2. The molecule has 0 radical (unpaired) electrons. The smallest absolute Gasteiger partial charge is 0.305 e. The van der Waals surface area contributed by atoms with Crippen molar-refractivity contribution in [1.82, 2.24) is 10.2 Å². The van der Waals surface area contributed by atoms with Crippen LogP contribution < -0.4 is 5.32 Å². The fourth-order valence-electron chi connectivity index (χ4n) is 2.25. The molecule has 0 aliphatic carbocycles. The number of carbonyl (C=O) groups is 1. The van der Waals surface area contributed by atoms with Crippen LogP contribution in [0.25, 0.3) is 10.6 Å². The highest BCUT2D eigenvalue weighted by Crippen LogP contribution is 2.29. The lowest BCUT2D eigenvalue weighted by atomic mass is 10.0. The minimum Gasteiger partial charge on any atom is -0.469 e. The molecule has 0 saturated carbocycles. The predicted octanol–water partition coefficient (Wildman–Crippen LogP) is 3.83. The van der Waals surface area contributed by atoms with Gasteiger partial charge in [0.2, 0.25) is 5.13 Å². The summed E-state index contributed by atoms with van der Waals surface area (Å²) in [5, 5.41) is 13.6. The van der Waals surface area contributed by atoms with Crippen molar-refractivity contribution in [3.05, 3.63) is 29.3 Å². The quantitative estimate of drug-likeness (QED) is 0.587. The Balaban J connectivity index is 2.04. The lowest BCUT2D eigenvalue weighted by molar-refractivity contribution is -0.140. The molecule has 2 aromatic rings. The second kappa shape index (κ2) is 8.62. The zero-order valence-corrected chi connectivity index (χ0v) is 14.7. The Morgan fingerprint density at radius 1 is 1.35 bits per heavy atom. The molecule has 0 fully saturated rings. The number of unbranched alkanes of at least 4 members (excludes halogenated alkanes) is 1. The van der Waals surface area contributed by atoms with Crippen LogP contribution in [0.2, 0.25) is 0 Å². The summed E-state index contributed by atoms with van der Waals surface area (Å²) in [5.41, 5.74) is 3.36. The van der Waals surface area contributed by atoms with E-state index in [-0.39, 0.29) is 5.97 Å². The highest BCUT2D eigenvalue weighted by molar-refractivity contribution is 7.18. The predicted molar refractivity (Wildman–Crippen MR) is 93.8 cm³/mol. The van der Waals surface area contributed by atoms with Gasteiger partial charge in [-0.05, 0) is 30.9 Å². The van der Waals surface area contributed by atoms with E-state index in [1.54, 1.807) is 11.3 Å². The third-order valence-corrected chi connectivity index (χ3v) is 4.51. The largest absolute Gasteiger partial charge is 0.469 e. The zero-order chi connectivity index (χ0) is 16.7. The van der Waals surface area contributed by atoms with Crippen LogP contribution in [-0.2, 0) is 16.0 Å². The molecule has 0 bridgehead atoms. The molecule has 124 valence electrons. The van der Waals surface area contributed by atoms with E-state index >= 15 is 0 Å². The Kier molecular flexibility index (Phi) is 6.52. The third-order valence-electron chi connectivity index (χ3n) is 3.60. The van der Waals surface area contributed by atoms with Gasteiger partial charge in [0.05, 0.1) is 7.11 Å². The summed E-state index contributed by atoms with van der Waals surface area (Å²) in [6.07, 6.45) is 3.38. The SMILES string of the molecule is CCCCNc1nnc(-c2ccc(CCC(=O)OC)cc2C)s1. The lowest BCUT2D eigenvalue weighted by Crippen LogP contribution is -2.02. The number of methoxy groups -OCH3 is 1. The van der Waals surface area contributed by atoms with Crippen LogP contribution in [0.4, 0.5) is 5.13 Å². The summed E-state index contributed by atoms with van der Waals surface area (Å²) in [5.74, 6) is -0.182. The topological polar surface area (TPSA) is 64.1 Å². The molecule has 0 aliphatic rings. The molecule has 0 atom stereocenters. The first-order valence-electron chi connectivity index (χ1n) is 7.88. The van der Waals surface area contributed by atoms with Gasteiger partial charge in [-0.25, -0.2) is 0 Å². The number of esters is 1. The Hall–Kier alpha value is -1.95. The van der Waals surface area contributed by atoms with Crippen LogP contribution in [0, 0.1) is 6.92 Å². The van der Waals surface area contributed by atoms with Crippen molar-refractivity contribution >= 4 is 22.4 Å². The fourth-order valence-corrected chi connectivity index (χ4v) is 3.10. The number of benzene rings is 1. The molecule has 1 N–H and O–H groups in total. The first-order chi connectivity index (χ1) is 11.1. The summed E-state index contributed by atoms with van der Waals surface area (Å²) < 4.78 is 4.68. The second-order valence-electron chi connectivity index (χ2n) is 5.42. The molecule has 0 saturated heterocycles. The van der Waals surface area contributed by atoms with E-state index in [1.807, 2.05) is 6.07 Å². The van der Waals surface area contributed by atoms with Crippen LogP contribution in [0.5, 0.6) is 0 Å². The minimum atomic E-state index is -0.182. The Morgan fingerprint density at radius 2 is 2.17 bits per heavy atom. The van der Waals surface area contributed by atoms with Crippen molar-refractivity contribution in [2.24, 2.45) is 0 Å². The number of nitrogens with one attached hydrogen (secondary N) is 1. The molecule has 1 aromatic heterocycles. The number of carbonyl (C=O) groups excluding carboxylic acids is 1. The number of hydrogen-bond acceptors (Lipinski definition) is 6. The van der Waals surface area contributed by atoms with E-state index in [2.05, 4.69) is 46.2 Å². The van der Waals surface area contributed by atoms with Gasteiger partial charge in [0.15, 0.2) is 0 Å². The van der Waals surface area contributed by atoms with Crippen LogP contribution >= 0.6 is 11.3 Å². The summed E-state index contributed by atoms with van der Waals surface area (Å²) in [4.78, 5) is 11.2. The van der Waals surface area contributed by atoms with E-state index in [4.69, 9.17) is 0 Å². The van der Waals surface area contributed by atoms with Gasteiger partial charge in [-0.15, -0.1) is 10.2 Å². The van der Waals surface area contributed by atoms with Gasteiger partial charge in [0, 0.05) is 18.5 Å². The highest BCUT2D eigenvalue weighted by Gasteiger charge is 2.10. The van der Waals surface area contributed by atoms with Crippen molar-refractivity contribution < 1.29 is 9.53 Å². The number of rotatable bonds is 8. The van der Waals surface area contributed by atoms with E-state index in [1.165, 1.54) is 7.11 Å². The Bertz CT molecular complexity index is 655. The van der Waals surface area contributed by atoms with Crippen molar-refractivity contribution in [3.63, 3.8) is 0 Å². The van der Waals surface area contributed by atoms with Crippen LogP contribution in [0.1, 0.15) is 37.3 Å². The van der Waals surface area contributed by atoms with Gasteiger partial charge in [-0.1, -0.05) is 42.9 Å². The first-order valence-corrected chi connectivity index (χ1v) is 8.69. The van der Waals surface area contributed by atoms with Crippen molar-refractivity contribution in [3.8, 4) is 10.6 Å². The van der Waals surface area contributed by atoms with Gasteiger partial charge in [0.1, 0.15) is 5.01 Å². The van der Waals surface area contributed by atoms with Gasteiger partial charge < -0.3 is 10.1 Å².